The normalized spacial score (nSPS) is 17.3. The van der Waals surface area contributed by atoms with E-state index in [1.165, 1.54) is 17.8 Å². The standard InChI is InChI=1S/C18H15FN2O2S/c1-2-23-13-9-7-12(8-10-13)11-16-17(22)21-18(24-16)20-15-6-4-3-5-14(15)19/h3-11H,2H2,1H3,(H,20,21,22). The lowest BCUT2D eigenvalue weighted by Crippen LogP contribution is -2.19. The van der Waals surface area contributed by atoms with Crippen molar-refractivity contribution < 1.29 is 13.9 Å². The van der Waals surface area contributed by atoms with Gasteiger partial charge in [0.2, 0.25) is 0 Å². The van der Waals surface area contributed by atoms with Crippen molar-refractivity contribution in [3.63, 3.8) is 0 Å². The lowest BCUT2D eigenvalue weighted by Gasteiger charge is -2.02. The fraction of sp³-hybridized carbons (Fsp3) is 0.111. The molecule has 1 N–H and O–H groups in total. The van der Waals surface area contributed by atoms with Crippen LogP contribution in [-0.4, -0.2) is 17.7 Å². The molecule has 1 aliphatic rings. The molecule has 1 amide bonds. The number of carbonyl (C=O) groups excluding carboxylic acids is 1. The molecule has 0 aliphatic carbocycles. The van der Waals surface area contributed by atoms with Gasteiger partial charge in [-0.25, -0.2) is 9.38 Å². The second kappa shape index (κ2) is 7.31. The number of para-hydroxylation sites is 1. The van der Waals surface area contributed by atoms with Gasteiger partial charge in [-0.2, -0.15) is 0 Å². The quantitative estimate of drug-likeness (QED) is 0.851. The Morgan fingerprint density at radius 3 is 2.67 bits per heavy atom. The molecule has 4 nitrogen and oxygen atoms in total. The predicted octanol–water partition coefficient (Wildman–Crippen LogP) is 4.12. The highest BCUT2D eigenvalue weighted by molar-refractivity contribution is 8.18. The average Bonchev–Trinajstić information content (AvgIpc) is 2.91. The number of thioether (sulfide) groups is 1. The number of benzene rings is 2. The van der Waals surface area contributed by atoms with Crippen molar-refractivity contribution in [2.45, 2.75) is 6.92 Å². The molecule has 2 aromatic rings. The van der Waals surface area contributed by atoms with E-state index >= 15 is 0 Å². The average molecular weight is 342 g/mol. The minimum absolute atomic E-state index is 0.197. The van der Waals surface area contributed by atoms with E-state index in [9.17, 15) is 9.18 Å². The van der Waals surface area contributed by atoms with Crippen LogP contribution in [0.1, 0.15) is 12.5 Å². The van der Waals surface area contributed by atoms with Gasteiger partial charge in [0.15, 0.2) is 5.17 Å². The Morgan fingerprint density at radius 1 is 1.21 bits per heavy atom. The summed E-state index contributed by atoms with van der Waals surface area (Å²) in [5, 5.41) is 3.01. The Morgan fingerprint density at radius 2 is 1.96 bits per heavy atom. The van der Waals surface area contributed by atoms with Gasteiger partial charge in [-0.1, -0.05) is 24.3 Å². The van der Waals surface area contributed by atoms with Gasteiger partial charge in [0.25, 0.3) is 5.91 Å². The molecule has 0 radical (unpaired) electrons. The van der Waals surface area contributed by atoms with Crippen LogP contribution >= 0.6 is 11.8 Å². The van der Waals surface area contributed by atoms with Crippen molar-refractivity contribution in [2.24, 2.45) is 4.99 Å². The monoisotopic (exact) mass is 342 g/mol. The second-order valence-electron chi connectivity index (χ2n) is 4.94. The maximum Gasteiger partial charge on any atom is 0.264 e. The van der Waals surface area contributed by atoms with Gasteiger partial charge in [0.05, 0.1) is 11.5 Å². The number of nitrogens with zero attached hydrogens (tertiary/aromatic N) is 1. The lowest BCUT2D eigenvalue weighted by atomic mass is 10.2. The van der Waals surface area contributed by atoms with Crippen molar-refractivity contribution >= 4 is 34.6 Å². The van der Waals surface area contributed by atoms with Gasteiger partial charge in [0.1, 0.15) is 17.3 Å². The van der Waals surface area contributed by atoms with Gasteiger partial charge in [-0.3, -0.25) is 4.79 Å². The Hall–Kier alpha value is -2.60. The summed E-state index contributed by atoms with van der Waals surface area (Å²) in [6.07, 6.45) is 1.76. The summed E-state index contributed by atoms with van der Waals surface area (Å²) in [6.45, 7) is 2.53. The molecule has 1 heterocycles. The summed E-state index contributed by atoms with van der Waals surface area (Å²) in [4.78, 5) is 16.7. The maximum absolute atomic E-state index is 13.6. The number of hydrogen-bond acceptors (Lipinski definition) is 4. The number of amidine groups is 1. The van der Waals surface area contributed by atoms with Crippen LogP contribution in [0.2, 0.25) is 0 Å². The molecule has 1 fully saturated rings. The summed E-state index contributed by atoms with van der Waals surface area (Å²) >= 11 is 1.18. The first-order chi connectivity index (χ1) is 11.7. The van der Waals surface area contributed by atoms with Crippen LogP contribution in [0.5, 0.6) is 5.75 Å². The Labute approximate surface area is 143 Å². The summed E-state index contributed by atoms with van der Waals surface area (Å²) in [5.74, 6) is 0.109. The second-order valence-corrected chi connectivity index (χ2v) is 5.97. The van der Waals surface area contributed by atoms with E-state index in [-0.39, 0.29) is 11.6 Å². The fourth-order valence-corrected chi connectivity index (χ4v) is 2.95. The number of aliphatic imine (C=N–C) groups is 1. The number of ether oxygens (including phenoxy) is 1. The predicted molar refractivity (Wildman–Crippen MR) is 94.8 cm³/mol. The molecule has 3 rings (SSSR count). The zero-order valence-corrected chi connectivity index (χ0v) is 13.8. The van der Waals surface area contributed by atoms with Crippen molar-refractivity contribution in [1.29, 1.82) is 0 Å². The first-order valence-corrected chi connectivity index (χ1v) is 8.24. The third kappa shape index (κ3) is 3.83. The third-order valence-electron chi connectivity index (χ3n) is 3.21. The molecular weight excluding hydrogens is 327 g/mol. The van der Waals surface area contributed by atoms with Gasteiger partial charge in [-0.05, 0) is 54.6 Å². The Bertz CT molecular complexity index is 816. The highest BCUT2D eigenvalue weighted by Crippen LogP contribution is 2.29. The smallest absolute Gasteiger partial charge is 0.264 e. The van der Waals surface area contributed by atoms with Crippen LogP contribution in [0.15, 0.2) is 58.4 Å². The molecule has 0 unspecified atom stereocenters. The van der Waals surface area contributed by atoms with Gasteiger partial charge < -0.3 is 10.1 Å². The van der Waals surface area contributed by atoms with Gasteiger partial charge in [0, 0.05) is 0 Å². The molecule has 0 saturated carbocycles. The number of rotatable bonds is 4. The largest absolute Gasteiger partial charge is 0.494 e. The van der Waals surface area contributed by atoms with E-state index in [2.05, 4.69) is 10.3 Å². The van der Waals surface area contributed by atoms with E-state index in [1.54, 1.807) is 24.3 Å². The summed E-state index contributed by atoms with van der Waals surface area (Å²) in [7, 11) is 0. The van der Waals surface area contributed by atoms with E-state index in [4.69, 9.17) is 4.74 Å². The van der Waals surface area contributed by atoms with Crippen LogP contribution in [0.25, 0.3) is 6.08 Å². The van der Waals surface area contributed by atoms with E-state index < -0.39 is 5.82 Å². The molecule has 1 aliphatic heterocycles. The van der Waals surface area contributed by atoms with Crippen LogP contribution < -0.4 is 10.1 Å². The van der Waals surface area contributed by atoms with E-state index in [0.717, 1.165) is 11.3 Å². The van der Waals surface area contributed by atoms with Gasteiger partial charge in [-0.15, -0.1) is 0 Å². The van der Waals surface area contributed by atoms with Crippen LogP contribution in [-0.2, 0) is 4.79 Å². The van der Waals surface area contributed by atoms with Crippen LogP contribution in [0, 0.1) is 5.82 Å². The molecule has 6 heteroatoms. The summed E-state index contributed by atoms with van der Waals surface area (Å²) in [5.41, 5.74) is 1.07. The Balaban J connectivity index is 1.78. The van der Waals surface area contributed by atoms with Gasteiger partial charge >= 0.3 is 0 Å². The number of amides is 1. The molecule has 0 atom stereocenters. The lowest BCUT2D eigenvalue weighted by molar-refractivity contribution is -0.115. The highest BCUT2D eigenvalue weighted by atomic mass is 32.2. The highest BCUT2D eigenvalue weighted by Gasteiger charge is 2.24. The molecule has 2 aromatic carbocycles. The van der Waals surface area contributed by atoms with Crippen molar-refractivity contribution in [3.8, 4) is 5.75 Å². The number of carbonyl (C=O) groups is 1. The van der Waals surface area contributed by atoms with Crippen molar-refractivity contribution in [1.82, 2.24) is 5.32 Å². The molecule has 0 spiro atoms. The zero-order valence-electron chi connectivity index (χ0n) is 13.0. The molecular formula is C18H15FN2O2S. The number of halogens is 1. The molecule has 0 aromatic heterocycles. The molecule has 1 saturated heterocycles. The first kappa shape index (κ1) is 16.3. The number of nitrogens with one attached hydrogen (secondary N) is 1. The molecule has 122 valence electrons. The topological polar surface area (TPSA) is 50.7 Å². The third-order valence-corrected chi connectivity index (χ3v) is 4.12. The van der Waals surface area contributed by atoms with Crippen molar-refractivity contribution in [3.05, 3.63) is 64.8 Å². The minimum atomic E-state index is -0.427. The maximum atomic E-state index is 13.6. The SMILES string of the molecule is CCOc1ccc(C=C2SC(=Nc3ccccc3F)NC2=O)cc1. The molecule has 24 heavy (non-hydrogen) atoms. The van der Waals surface area contributed by atoms with E-state index in [0.29, 0.717) is 16.7 Å². The number of hydrogen-bond donors (Lipinski definition) is 1. The van der Waals surface area contributed by atoms with Crippen LogP contribution in [0.4, 0.5) is 10.1 Å². The summed E-state index contributed by atoms with van der Waals surface area (Å²) < 4.78 is 19.0. The first-order valence-electron chi connectivity index (χ1n) is 7.42. The molecule has 0 bridgehead atoms. The zero-order chi connectivity index (χ0) is 16.9. The summed E-state index contributed by atoms with van der Waals surface area (Å²) in [6, 6.07) is 13.6. The van der Waals surface area contributed by atoms with Crippen molar-refractivity contribution in [2.75, 3.05) is 6.61 Å². The fourth-order valence-electron chi connectivity index (χ4n) is 2.11. The minimum Gasteiger partial charge on any atom is -0.494 e. The Kier molecular flexibility index (Phi) is 4.96. The van der Waals surface area contributed by atoms with E-state index in [1.807, 2.05) is 31.2 Å². The van der Waals surface area contributed by atoms with Crippen LogP contribution in [0.3, 0.4) is 0 Å².